The van der Waals surface area contributed by atoms with Gasteiger partial charge >= 0.3 is 0 Å². The van der Waals surface area contributed by atoms with Crippen LogP contribution in [-0.4, -0.2) is 24.0 Å². The number of aromatic nitrogens is 1. The molecule has 1 aromatic rings. The monoisotopic (exact) mass is 211 g/mol. The zero-order valence-electron chi connectivity index (χ0n) is 8.04. The Hall–Kier alpha value is -0.940. The maximum atomic E-state index is 11.8. The molecule has 1 atom stereocenters. The van der Waals surface area contributed by atoms with Gasteiger partial charge in [-0.2, -0.15) is 0 Å². The molecule has 2 heterocycles. The Bertz CT molecular complexity index is 317. The normalized spacial score (nSPS) is 26.4. The molecule has 76 valence electrons. The molecule has 1 aliphatic rings. The van der Waals surface area contributed by atoms with E-state index in [-0.39, 0.29) is 11.3 Å². The molecule has 4 nitrogen and oxygen atoms in total. The van der Waals surface area contributed by atoms with Crippen LogP contribution in [0.15, 0.2) is 11.6 Å². The third-order valence-electron chi connectivity index (χ3n) is 2.57. The Balaban J connectivity index is 2.02. The van der Waals surface area contributed by atoms with E-state index in [9.17, 15) is 4.79 Å². The number of amides is 1. The number of carbonyl (C=O) groups is 1. The van der Waals surface area contributed by atoms with Crippen LogP contribution in [-0.2, 0) is 4.79 Å². The van der Waals surface area contributed by atoms with Gasteiger partial charge < -0.3 is 10.6 Å². The van der Waals surface area contributed by atoms with Gasteiger partial charge in [0, 0.05) is 18.1 Å². The van der Waals surface area contributed by atoms with Crippen LogP contribution in [0.2, 0.25) is 0 Å². The number of hydrogen-bond donors (Lipinski definition) is 2. The molecule has 2 N–H and O–H groups in total. The van der Waals surface area contributed by atoms with E-state index >= 15 is 0 Å². The number of thiazole rings is 1. The third kappa shape index (κ3) is 1.78. The highest BCUT2D eigenvalue weighted by Gasteiger charge is 2.36. The first-order valence-corrected chi connectivity index (χ1v) is 5.50. The molecule has 5 heteroatoms. The fourth-order valence-electron chi connectivity index (χ4n) is 1.54. The van der Waals surface area contributed by atoms with Crippen molar-refractivity contribution in [3.63, 3.8) is 0 Å². The quantitative estimate of drug-likeness (QED) is 0.769. The summed E-state index contributed by atoms with van der Waals surface area (Å²) in [5.41, 5.74) is -0.272. The van der Waals surface area contributed by atoms with E-state index in [0.717, 1.165) is 19.5 Å². The lowest BCUT2D eigenvalue weighted by Gasteiger charge is -2.20. The summed E-state index contributed by atoms with van der Waals surface area (Å²) in [7, 11) is 0. The van der Waals surface area contributed by atoms with Crippen molar-refractivity contribution in [1.29, 1.82) is 0 Å². The molecule has 0 aromatic carbocycles. The second-order valence-electron chi connectivity index (χ2n) is 3.78. The summed E-state index contributed by atoms with van der Waals surface area (Å²) in [5.74, 6) is 0.0671. The first-order chi connectivity index (χ1) is 6.71. The largest absolute Gasteiger partial charge is 0.316 e. The van der Waals surface area contributed by atoms with Crippen molar-refractivity contribution in [3.8, 4) is 0 Å². The van der Waals surface area contributed by atoms with Gasteiger partial charge in [0.05, 0.1) is 5.41 Å². The summed E-state index contributed by atoms with van der Waals surface area (Å²) >= 11 is 1.45. The molecule has 0 aliphatic carbocycles. The van der Waals surface area contributed by atoms with Crippen molar-refractivity contribution in [3.05, 3.63) is 11.6 Å². The minimum Gasteiger partial charge on any atom is -0.316 e. The fourth-order valence-corrected chi connectivity index (χ4v) is 2.07. The average molecular weight is 211 g/mol. The molecule has 1 aromatic heterocycles. The van der Waals surface area contributed by atoms with Gasteiger partial charge in [0.25, 0.3) is 0 Å². The molecule has 0 bridgehead atoms. The third-order valence-corrected chi connectivity index (χ3v) is 3.26. The molecule has 1 fully saturated rings. The van der Waals surface area contributed by atoms with Crippen molar-refractivity contribution in [2.45, 2.75) is 13.3 Å². The highest BCUT2D eigenvalue weighted by atomic mass is 32.1. The SMILES string of the molecule is CC1(C(=O)Nc2nccs2)CCNC1. The summed E-state index contributed by atoms with van der Waals surface area (Å²) in [6.45, 7) is 3.65. The van der Waals surface area contributed by atoms with Crippen molar-refractivity contribution >= 4 is 22.4 Å². The lowest BCUT2D eigenvalue weighted by Crippen LogP contribution is -2.35. The standard InChI is InChI=1S/C9H13N3OS/c1-9(2-3-10-6-9)7(13)12-8-11-4-5-14-8/h4-5,10H,2-3,6H2,1H3,(H,11,12,13). The zero-order chi connectivity index (χ0) is 10.0. The molecular weight excluding hydrogens is 198 g/mol. The molecule has 1 amide bonds. The van der Waals surface area contributed by atoms with E-state index in [2.05, 4.69) is 15.6 Å². The molecule has 0 saturated carbocycles. The van der Waals surface area contributed by atoms with Crippen LogP contribution in [0.1, 0.15) is 13.3 Å². The van der Waals surface area contributed by atoms with Crippen LogP contribution in [0.5, 0.6) is 0 Å². The zero-order valence-corrected chi connectivity index (χ0v) is 8.86. The Morgan fingerprint density at radius 3 is 3.21 bits per heavy atom. The first kappa shape index (κ1) is 9.61. The van der Waals surface area contributed by atoms with Crippen LogP contribution in [0.25, 0.3) is 0 Å². The summed E-state index contributed by atoms with van der Waals surface area (Å²) in [5, 5.41) is 8.56. The minimum atomic E-state index is -0.272. The second kappa shape index (κ2) is 3.67. The maximum absolute atomic E-state index is 11.8. The predicted octanol–water partition coefficient (Wildman–Crippen LogP) is 1.08. The van der Waals surface area contributed by atoms with Gasteiger partial charge in [0.2, 0.25) is 5.91 Å². The lowest BCUT2D eigenvalue weighted by molar-refractivity contribution is -0.123. The molecule has 1 unspecified atom stereocenters. The topological polar surface area (TPSA) is 54.0 Å². The van der Waals surface area contributed by atoms with E-state index in [4.69, 9.17) is 0 Å². The first-order valence-electron chi connectivity index (χ1n) is 4.62. The Kier molecular flexibility index (Phi) is 2.52. The van der Waals surface area contributed by atoms with E-state index in [1.54, 1.807) is 6.20 Å². The van der Waals surface area contributed by atoms with Crippen molar-refractivity contribution in [2.75, 3.05) is 18.4 Å². The van der Waals surface area contributed by atoms with Gasteiger partial charge in [0.1, 0.15) is 0 Å². The molecule has 1 aliphatic heterocycles. The number of rotatable bonds is 2. The highest BCUT2D eigenvalue weighted by Crippen LogP contribution is 2.26. The van der Waals surface area contributed by atoms with Crippen LogP contribution in [0, 0.1) is 5.41 Å². The summed E-state index contributed by atoms with van der Waals surface area (Å²) in [6, 6.07) is 0. The smallest absolute Gasteiger partial charge is 0.233 e. The van der Waals surface area contributed by atoms with Crippen LogP contribution < -0.4 is 10.6 Å². The van der Waals surface area contributed by atoms with Crippen molar-refractivity contribution in [1.82, 2.24) is 10.3 Å². The van der Waals surface area contributed by atoms with Gasteiger partial charge in [-0.15, -0.1) is 11.3 Å². The van der Waals surface area contributed by atoms with Crippen molar-refractivity contribution < 1.29 is 4.79 Å². The van der Waals surface area contributed by atoms with Crippen molar-refractivity contribution in [2.24, 2.45) is 5.41 Å². The van der Waals surface area contributed by atoms with E-state index < -0.39 is 0 Å². The van der Waals surface area contributed by atoms with Gasteiger partial charge in [-0.25, -0.2) is 4.98 Å². The Morgan fingerprint density at radius 1 is 1.79 bits per heavy atom. The number of nitrogens with zero attached hydrogens (tertiary/aromatic N) is 1. The number of anilines is 1. The number of carbonyl (C=O) groups excluding carboxylic acids is 1. The van der Waals surface area contributed by atoms with Gasteiger partial charge in [-0.1, -0.05) is 0 Å². The molecule has 14 heavy (non-hydrogen) atoms. The minimum absolute atomic E-state index is 0.0671. The molecule has 1 saturated heterocycles. The van der Waals surface area contributed by atoms with Crippen LogP contribution >= 0.6 is 11.3 Å². The number of hydrogen-bond acceptors (Lipinski definition) is 4. The van der Waals surface area contributed by atoms with Gasteiger partial charge in [-0.05, 0) is 19.9 Å². The van der Waals surface area contributed by atoms with E-state index in [1.807, 2.05) is 12.3 Å². The van der Waals surface area contributed by atoms with E-state index in [0.29, 0.717) is 5.13 Å². The molecule has 2 rings (SSSR count). The molecule has 0 radical (unpaired) electrons. The lowest BCUT2D eigenvalue weighted by atomic mass is 9.89. The van der Waals surface area contributed by atoms with E-state index in [1.165, 1.54) is 11.3 Å². The maximum Gasteiger partial charge on any atom is 0.233 e. The average Bonchev–Trinajstić information content (AvgIpc) is 2.76. The Morgan fingerprint density at radius 2 is 2.64 bits per heavy atom. The van der Waals surface area contributed by atoms with Gasteiger partial charge in [0.15, 0.2) is 5.13 Å². The summed E-state index contributed by atoms with van der Waals surface area (Å²) in [6.07, 6.45) is 2.58. The number of nitrogens with one attached hydrogen (secondary N) is 2. The second-order valence-corrected chi connectivity index (χ2v) is 4.67. The van der Waals surface area contributed by atoms with Crippen LogP contribution in [0.4, 0.5) is 5.13 Å². The fraction of sp³-hybridized carbons (Fsp3) is 0.556. The molecule has 0 spiro atoms. The predicted molar refractivity (Wildman–Crippen MR) is 56.3 cm³/mol. The Labute approximate surface area is 86.7 Å². The van der Waals surface area contributed by atoms with Crippen LogP contribution in [0.3, 0.4) is 0 Å². The highest BCUT2D eigenvalue weighted by molar-refractivity contribution is 7.13. The van der Waals surface area contributed by atoms with Gasteiger partial charge in [-0.3, -0.25) is 4.79 Å². The summed E-state index contributed by atoms with van der Waals surface area (Å²) < 4.78 is 0. The summed E-state index contributed by atoms with van der Waals surface area (Å²) in [4.78, 5) is 15.9. The molecular formula is C9H13N3OS.